The first-order valence-corrected chi connectivity index (χ1v) is 4.50. The Kier molecular flexibility index (Phi) is 2.02. The second kappa shape index (κ2) is 3.18. The molecule has 2 rings (SSSR count). The lowest BCUT2D eigenvalue weighted by Crippen LogP contribution is -1.99. The average Bonchev–Trinajstić information content (AvgIpc) is 2.59. The number of imidazole rings is 1. The standard InChI is InChI=1S/C10H13N3/c1-2-9-6-12-10-4-3-8(5-11)7-13(9)10/h3-4,6-7H,2,5,11H2,1H3. The predicted molar refractivity (Wildman–Crippen MR) is 52.5 cm³/mol. The highest BCUT2D eigenvalue weighted by Crippen LogP contribution is 2.09. The molecule has 3 heteroatoms. The Morgan fingerprint density at radius 3 is 3.00 bits per heavy atom. The summed E-state index contributed by atoms with van der Waals surface area (Å²) in [7, 11) is 0. The maximum atomic E-state index is 5.57. The number of rotatable bonds is 2. The van der Waals surface area contributed by atoms with Crippen LogP contribution in [0.4, 0.5) is 0 Å². The van der Waals surface area contributed by atoms with E-state index >= 15 is 0 Å². The minimum Gasteiger partial charge on any atom is -0.326 e. The third-order valence-electron chi connectivity index (χ3n) is 2.24. The lowest BCUT2D eigenvalue weighted by molar-refractivity contribution is 0.963. The molecule has 0 unspecified atom stereocenters. The van der Waals surface area contributed by atoms with Crippen LogP contribution >= 0.6 is 0 Å². The highest BCUT2D eigenvalue weighted by Gasteiger charge is 2.00. The number of aryl methyl sites for hydroxylation is 1. The summed E-state index contributed by atoms with van der Waals surface area (Å²) in [6.07, 6.45) is 4.96. The summed E-state index contributed by atoms with van der Waals surface area (Å²) < 4.78 is 2.10. The van der Waals surface area contributed by atoms with Crippen molar-refractivity contribution in [3.8, 4) is 0 Å². The molecule has 2 aromatic heterocycles. The number of hydrogen-bond acceptors (Lipinski definition) is 2. The van der Waals surface area contributed by atoms with E-state index in [1.165, 1.54) is 5.69 Å². The van der Waals surface area contributed by atoms with E-state index < -0.39 is 0 Å². The molecule has 2 heterocycles. The van der Waals surface area contributed by atoms with Gasteiger partial charge in [-0.2, -0.15) is 0 Å². The zero-order valence-electron chi connectivity index (χ0n) is 7.70. The molecule has 2 N–H and O–H groups in total. The smallest absolute Gasteiger partial charge is 0.136 e. The normalized spacial score (nSPS) is 10.9. The monoisotopic (exact) mass is 175 g/mol. The quantitative estimate of drug-likeness (QED) is 0.748. The first-order valence-electron chi connectivity index (χ1n) is 4.50. The van der Waals surface area contributed by atoms with Crippen LogP contribution in [0.5, 0.6) is 0 Å². The molecule has 0 aromatic carbocycles. The van der Waals surface area contributed by atoms with Crippen molar-refractivity contribution in [2.45, 2.75) is 19.9 Å². The second-order valence-electron chi connectivity index (χ2n) is 3.07. The number of nitrogens with zero attached hydrogens (tertiary/aromatic N) is 2. The SMILES string of the molecule is CCc1cnc2ccc(CN)cn12. The molecule has 2 aromatic rings. The van der Waals surface area contributed by atoms with Crippen LogP contribution in [-0.4, -0.2) is 9.38 Å². The van der Waals surface area contributed by atoms with Crippen LogP contribution < -0.4 is 5.73 Å². The molecule has 68 valence electrons. The zero-order valence-corrected chi connectivity index (χ0v) is 7.70. The number of pyridine rings is 1. The summed E-state index contributed by atoms with van der Waals surface area (Å²) in [5, 5.41) is 0. The molecular formula is C10H13N3. The van der Waals surface area contributed by atoms with Gasteiger partial charge in [0.15, 0.2) is 0 Å². The number of nitrogens with two attached hydrogens (primary N) is 1. The predicted octanol–water partition coefficient (Wildman–Crippen LogP) is 1.36. The van der Waals surface area contributed by atoms with Crippen molar-refractivity contribution >= 4 is 5.65 Å². The van der Waals surface area contributed by atoms with Gasteiger partial charge in [-0.3, -0.25) is 0 Å². The van der Waals surface area contributed by atoms with Crippen LogP contribution in [0.15, 0.2) is 24.5 Å². The van der Waals surface area contributed by atoms with E-state index in [0.717, 1.165) is 17.6 Å². The van der Waals surface area contributed by atoms with E-state index in [2.05, 4.69) is 22.5 Å². The Morgan fingerprint density at radius 1 is 1.46 bits per heavy atom. The first kappa shape index (κ1) is 8.26. The fraction of sp³-hybridized carbons (Fsp3) is 0.300. The second-order valence-corrected chi connectivity index (χ2v) is 3.07. The van der Waals surface area contributed by atoms with E-state index in [1.807, 2.05) is 18.3 Å². The Hall–Kier alpha value is -1.35. The van der Waals surface area contributed by atoms with Crippen molar-refractivity contribution in [3.05, 3.63) is 35.8 Å². The topological polar surface area (TPSA) is 43.3 Å². The van der Waals surface area contributed by atoms with E-state index in [-0.39, 0.29) is 0 Å². The van der Waals surface area contributed by atoms with Gasteiger partial charge in [0, 0.05) is 24.6 Å². The molecule has 0 atom stereocenters. The van der Waals surface area contributed by atoms with Gasteiger partial charge in [-0.25, -0.2) is 4.98 Å². The Balaban J connectivity index is 2.64. The third-order valence-corrected chi connectivity index (χ3v) is 2.24. The van der Waals surface area contributed by atoms with Crippen molar-refractivity contribution in [3.63, 3.8) is 0 Å². The molecule has 0 aliphatic heterocycles. The van der Waals surface area contributed by atoms with Crippen molar-refractivity contribution in [2.75, 3.05) is 0 Å². The van der Waals surface area contributed by atoms with E-state index in [1.54, 1.807) is 0 Å². The fourth-order valence-electron chi connectivity index (χ4n) is 1.46. The van der Waals surface area contributed by atoms with Gasteiger partial charge in [0.05, 0.1) is 0 Å². The molecule has 13 heavy (non-hydrogen) atoms. The van der Waals surface area contributed by atoms with Crippen LogP contribution in [0.3, 0.4) is 0 Å². The first-order chi connectivity index (χ1) is 6.35. The van der Waals surface area contributed by atoms with Crippen LogP contribution in [0.1, 0.15) is 18.2 Å². The van der Waals surface area contributed by atoms with Crippen LogP contribution in [-0.2, 0) is 13.0 Å². The summed E-state index contributed by atoms with van der Waals surface area (Å²) in [5.74, 6) is 0. The zero-order chi connectivity index (χ0) is 9.26. The number of aromatic nitrogens is 2. The van der Waals surface area contributed by atoms with Gasteiger partial charge in [-0.1, -0.05) is 13.0 Å². The van der Waals surface area contributed by atoms with Crippen molar-refractivity contribution in [1.82, 2.24) is 9.38 Å². The van der Waals surface area contributed by atoms with Crippen LogP contribution in [0, 0.1) is 0 Å². The summed E-state index contributed by atoms with van der Waals surface area (Å²) in [6, 6.07) is 4.02. The fourth-order valence-corrected chi connectivity index (χ4v) is 1.46. The minimum atomic E-state index is 0.581. The lowest BCUT2D eigenvalue weighted by Gasteiger charge is -2.01. The maximum Gasteiger partial charge on any atom is 0.136 e. The van der Waals surface area contributed by atoms with Gasteiger partial charge >= 0.3 is 0 Å². The van der Waals surface area contributed by atoms with Crippen molar-refractivity contribution < 1.29 is 0 Å². The van der Waals surface area contributed by atoms with Crippen molar-refractivity contribution in [2.24, 2.45) is 5.73 Å². The largest absolute Gasteiger partial charge is 0.326 e. The third kappa shape index (κ3) is 1.31. The highest BCUT2D eigenvalue weighted by atomic mass is 15.0. The van der Waals surface area contributed by atoms with E-state index in [4.69, 9.17) is 5.73 Å². The summed E-state index contributed by atoms with van der Waals surface area (Å²) in [4.78, 5) is 4.29. The molecule has 0 aliphatic rings. The highest BCUT2D eigenvalue weighted by molar-refractivity contribution is 5.41. The van der Waals surface area contributed by atoms with Gasteiger partial charge in [-0.15, -0.1) is 0 Å². The van der Waals surface area contributed by atoms with E-state index in [0.29, 0.717) is 6.54 Å². The van der Waals surface area contributed by atoms with Crippen molar-refractivity contribution in [1.29, 1.82) is 0 Å². The molecule has 0 bridgehead atoms. The molecule has 0 aliphatic carbocycles. The summed E-state index contributed by atoms with van der Waals surface area (Å²) in [5.41, 5.74) is 8.93. The van der Waals surface area contributed by atoms with Gasteiger partial charge in [0.2, 0.25) is 0 Å². The van der Waals surface area contributed by atoms with Crippen LogP contribution in [0.2, 0.25) is 0 Å². The van der Waals surface area contributed by atoms with Gasteiger partial charge < -0.3 is 10.1 Å². The van der Waals surface area contributed by atoms with Gasteiger partial charge in [0.25, 0.3) is 0 Å². The average molecular weight is 175 g/mol. The molecular weight excluding hydrogens is 162 g/mol. The Bertz CT molecular complexity index is 417. The lowest BCUT2D eigenvalue weighted by atomic mass is 10.3. The van der Waals surface area contributed by atoms with E-state index in [9.17, 15) is 0 Å². The molecule has 0 saturated heterocycles. The number of hydrogen-bond donors (Lipinski definition) is 1. The Morgan fingerprint density at radius 2 is 2.31 bits per heavy atom. The molecule has 0 spiro atoms. The molecule has 0 saturated carbocycles. The molecule has 0 amide bonds. The molecule has 0 radical (unpaired) electrons. The molecule has 3 nitrogen and oxygen atoms in total. The summed E-state index contributed by atoms with van der Waals surface area (Å²) in [6.45, 7) is 2.70. The summed E-state index contributed by atoms with van der Waals surface area (Å²) >= 11 is 0. The Labute approximate surface area is 77.2 Å². The maximum absolute atomic E-state index is 5.57. The molecule has 0 fully saturated rings. The minimum absolute atomic E-state index is 0.581. The van der Waals surface area contributed by atoms with Crippen LogP contribution in [0.25, 0.3) is 5.65 Å². The number of fused-ring (bicyclic) bond motifs is 1. The van der Waals surface area contributed by atoms with Gasteiger partial charge in [0.1, 0.15) is 5.65 Å². The van der Waals surface area contributed by atoms with Gasteiger partial charge in [-0.05, 0) is 18.1 Å².